The summed E-state index contributed by atoms with van der Waals surface area (Å²) in [5, 5.41) is 0. The molecule has 0 atom stereocenters. The summed E-state index contributed by atoms with van der Waals surface area (Å²) in [5.74, 6) is 0. The molecule has 1 aliphatic rings. The van der Waals surface area contributed by atoms with E-state index in [1.165, 1.54) is 4.90 Å². The van der Waals surface area contributed by atoms with Crippen molar-refractivity contribution in [3.8, 4) is 0 Å². The third-order valence-electron chi connectivity index (χ3n) is 1.84. The molecule has 0 aliphatic carbocycles. The number of likely N-dealkylation sites (tertiary alicyclic amines) is 1. The van der Waals surface area contributed by atoms with Gasteiger partial charge in [-0.15, -0.1) is 0 Å². The minimum absolute atomic E-state index is 0.327. The highest BCUT2D eigenvalue weighted by molar-refractivity contribution is 5.69. The quantitative estimate of drug-likeness (QED) is 0.611. The van der Waals surface area contributed by atoms with E-state index in [4.69, 9.17) is 0 Å². The van der Waals surface area contributed by atoms with Gasteiger partial charge in [0, 0.05) is 27.2 Å². The Morgan fingerprint density at radius 2 is 1.93 bits per heavy atom. The van der Waals surface area contributed by atoms with Gasteiger partial charge in [-0.05, 0) is 6.42 Å². The van der Waals surface area contributed by atoms with Gasteiger partial charge in [0.15, 0.2) is 0 Å². The first-order valence-electron chi connectivity index (χ1n) is 4.37. The van der Waals surface area contributed by atoms with E-state index < -0.39 is 12.2 Å². The van der Waals surface area contributed by atoms with Crippen LogP contribution in [0.5, 0.6) is 0 Å². The number of carbonyl (C=O) groups excluding carboxylic acids is 2. The van der Waals surface area contributed by atoms with Crippen LogP contribution in [-0.2, 0) is 9.47 Å². The molecule has 6 nitrogen and oxygen atoms in total. The molecule has 0 saturated carbocycles. The SMILES string of the molecule is CN(C)C(=O)OCOC(=O)N1CCC1. The van der Waals surface area contributed by atoms with E-state index in [1.807, 2.05) is 0 Å². The number of rotatable bonds is 2. The maximum atomic E-state index is 11.1. The first-order valence-corrected chi connectivity index (χ1v) is 4.37. The van der Waals surface area contributed by atoms with Crippen LogP contribution in [0, 0.1) is 0 Å². The number of hydrogen-bond donors (Lipinski definition) is 0. The highest BCUT2D eigenvalue weighted by Crippen LogP contribution is 2.07. The summed E-state index contributed by atoms with van der Waals surface area (Å²) in [5.41, 5.74) is 0. The van der Waals surface area contributed by atoms with E-state index in [-0.39, 0.29) is 6.79 Å². The van der Waals surface area contributed by atoms with Crippen LogP contribution in [0.1, 0.15) is 6.42 Å². The van der Waals surface area contributed by atoms with Crippen LogP contribution in [0.4, 0.5) is 9.59 Å². The zero-order valence-electron chi connectivity index (χ0n) is 8.36. The monoisotopic (exact) mass is 202 g/mol. The van der Waals surface area contributed by atoms with Crippen LogP contribution in [0.15, 0.2) is 0 Å². The lowest BCUT2D eigenvalue weighted by Gasteiger charge is -2.29. The predicted molar refractivity (Wildman–Crippen MR) is 47.7 cm³/mol. The first kappa shape index (κ1) is 10.6. The topological polar surface area (TPSA) is 59.1 Å². The molecular weight excluding hydrogens is 188 g/mol. The average Bonchev–Trinajstić information content (AvgIpc) is 2.00. The van der Waals surface area contributed by atoms with E-state index in [0.29, 0.717) is 0 Å². The Labute approximate surface area is 82.4 Å². The Bertz CT molecular complexity index is 225. The van der Waals surface area contributed by atoms with Crippen LogP contribution in [-0.4, -0.2) is 56.0 Å². The van der Waals surface area contributed by atoms with Crippen LogP contribution in [0.25, 0.3) is 0 Å². The number of ether oxygens (including phenoxy) is 2. The lowest BCUT2D eigenvalue weighted by molar-refractivity contribution is -0.00760. The molecule has 0 unspecified atom stereocenters. The summed E-state index contributed by atoms with van der Waals surface area (Å²) in [6.07, 6.45) is 0.0521. The zero-order valence-corrected chi connectivity index (χ0v) is 8.36. The molecule has 1 aliphatic heterocycles. The Morgan fingerprint density at radius 1 is 1.29 bits per heavy atom. The highest BCUT2D eigenvalue weighted by Gasteiger charge is 2.21. The van der Waals surface area contributed by atoms with E-state index in [0.717, 1.165) is 19.5 Å². The minimum atomic E-state index is -0.526. The van der Waals surface area contributed by atoms with Crippen molar-refractivity contribution >= 4 is 12.2 Å². The molecule has 0 aromatic heterocycles. The lowest BCUT2D eigenvalue weighted by atomic mass is 10.2. The van der Waals surface area contributed by atoms with E-state index in [1.54, 1.807) is 19.0 Å². The molecule has 1 heterocycles. The van der Waals surface area contributed by atoms with Gasteiger partial charge in [-0.25, -0.2) is 9.59 Å². The molecule has 0 bridgehead atoms. The molecule has 0 aromatic carbocycles. The van der Waals surface area contributed by atoms with Crippen LogP contribution in [0.2, 0.25) is 0 Å². The lowest BCUT2D eigenvalue weighted by Crippen LogP contribution is -2.42. The van der Waals surface area contributed by atoms with Gasteiger partial charge in [0.1, 0.15) is 0 Å². The summed E-state index contributed by atoms with van der Waals surface area (Å²) in [4.78, 5) is 24.8. The number of amides is 2. The third-order valence-corrected chi connectivity index (χ3v) is 1.84. The molecule has 0 N–H and O–H groups in total. The maximum absolute atomic E-state index is 11.1. The molecule has 2 amide bonds. The van der Waals surface area contributed by atoms with Gasteiger partial charge >= 0.3 is 12.2 Å². The smallest absolute Gasteiger partial charge is 0.412 e. The van der Waals surface area contributed by atoms with Gasteiger partial charge < -0.3 is 19.3 Å². The van der Waals surface area contributed by atoms with E-state index in [9.17, 15) is 9.59 Å². The fourth-order valence-electron chi connectivity index (χ4n) is 0.849. The van der Waals surface area contributed by atoms with Crippen molar-refractivity contribution in [2.24, 2.45) is 0 Å². The van der Waals surface area contributed by atoms with Gasteiger partial charge in [-0.1, -0.05) is 0 Å². The minimum Gasteiger partial charge on any atom is -0.412 e. The molecule has 0 aromatic rings. The van der Waals surface area contributed by atoms with Crippen molar-refractivity contribution in [3.05, 3.63) is 0 Å². The molecule has 80 valence electrons. The number of hydrogen-bond acceptors (Lipinski definition) is 4. The highest BCUT2D eigenvalue weighted by atomic mass is 16.7. The molecule has 1 rings (SSSR count). The first-order chi connectivity index (χ1) is 6.61. The standard InChI is InChI=1S/C8H14N2O4/c1-9(2)7(11)13-6-14-8(12)10-4-3-5-10/h3-6H2,1-2H3. The maximum Gasteiger partial charge on any atom is 0.412 e. The van der Waals surface area contributed by atoms with Crippen LogP contribution in [0.3, 0.4) is 0 Å². The van der Waals surface area contributed by atoms with Gasteiger partial charge in [0.25, 0.3) is 0 Å². The molecular formula is C8H14N2O4. The second-order valence-electron chi connectivity index (χ2n) is 3.17. The summed E-state index contributed by atoms with van der Waals surface area (Å²) in [7, 11) is 3.11. The Morgan fingerprint density at radius 3 is 2.36 bits per heavy atom. The fourth-order valence-corrected chi connectivity index (χ4v) is 0.849. The molecule has 6 heteroatoms. The largest absolute Gasteiger partial charge is 0.412 e. The second-order valence-corrected chi connectivity index (χ2v) is 3.17. The average molecular weight is 202 g/mol. The Hall–Kier alpha value is -1.46. The van der Waals surface area contributed by atoms with Crippen molar-refractivity contribution in [2.75, 3.05) is 34.0 Å². The fraction of sp³-hybridized carbons (Fsp3) is 0.750. The summed E-state index contributed by atoms with van der Waals surface area (Å²) >= 11 is 0. The number of carbonyl (C=O) groups is 2. The van der Waals surface area contributed by atoms with Crippen molar-refractivity contribution in [3.63, 3.8) is 0 Å². The van der Waals surface area contributed by atoms with Crippen molar-refractivity contribution < 1.29 is 19.1 Å². The molecule has 1 fully saturated rings. The van der Waals surface area contributed by atoms with Crippen molar-refractivity contribution in [1.82, 2.24) is 9.80 Å². The Balaban J connectivity index is 2.08. The number of nitrogens with zero attached hydrogens (tertiary/aromatic N) is 2. The molecule has 1 saturated heterocycles. The van der Waals surface area contributed by atoms with E-state index >= 15 is 0 Å². The van der Waals surface area contributed by atoms with Gasteiger partial charge in [0.2, 0.25) is 6.79 Å². The Kier molecular flexibility index (Phi) is 3.55. The zero-order chi connectivity index (χ0) is 10.6. The predicted octanol–water partition coefficient (Wildman–Crippen LogP) is 0.484. The summed E-state index contributed by atoms with van der Waals surface area (Å²) < 4.78 is 9.29. The van der Waals surface area contributed by atoms with Crippen molar-refractivity contribution in [1.29, 1.82) is 0 Å². The summed E-state index contributed by atoms with van der Waals surface area (Å²) in [6, 6.07) is 0. The molecule has 0 spiro atoms. The van der Waals surface area contributed by atoms with E-state index in [2.05, 4.69) is 9.47 Å². The van der Waals surface area contributed by atoms with Crippen LogP contribution < -0.4 is 0 Å². The third kappa shape index (κ3) is 2.79. The van der Waals surface area contributed by atoms with Gasteiger partial charge in [0.05, 0.1) is 0 Å². The van der Waals surface area contributed by atoms with Crippen LogP contribution >= 0.6 is 0 Å². The second kappa shape index (κ2) is 4.69. The van der Waals surface area contributed by atoms with Gasteiger partial charge in [-0.3, -0.25) is 0 Å². The molecule has 14 heavy (non-hydrogen) atoms. The normalized spacial score (nSPS) is 14.3. The molecule has 0 radical (unpaired) electrons. The van der Waals surface area contributed by atoms with Gasteiger partial charge in [-0.2, -0.15) is 0 Å². The summed E-state index contributed by atoms with van der Waals surface area (Å²) in [6.45, 7) is 1.12. The van der Waals surface area contributed by atoms with Crippen molar-refractivity contribution in [2.45, 2.75) is 6.42 Å².